The van der Waals surface area contributed by atoms with Crippen LogP contribution in [0.25, 0.3) is 27.9 Å². The lowest BCUT2D eigenvalue weighted by Crippen LogP contribution is -2.49. The van der Waals surface area contributed by atoms with Crippen LogP contribution >= 0.6 is 11.6 Å². The Balaban J connectivity index is 1.61. The minimum Gasteiger partial charge on any atom is -0.507 e. The van der Waals surface area contributed by atoms with Gasteiger partial charge in [0.15, 0.2) is 0 Å². The molecule has 38 heavy (non-hydrogen) atoms. The quantitative estimate of drug-likeness (QED) is 0.149. The van der Waals surface area contributed by atoms with E-state index in [0.717, 1.165) is 25.3 Å². The molecule has 5 rings (SSSR count). The van der Waals surface area contributed by atoms with Crippen molar-refractivity contribution in [2.24, 2.45) is 12.9 Å². The number of hydrogen-bond acceptors (Lipinski definition) is 7. The lowest BCUT2D eigenvalue weighted by Gasteiger charge is -2.35. The fraction of sp³-hybridized carbons (Fsp3) is 0.222. The van der Waals surface area contributed by atoms with Crippen LogP contribution in [0.5, 0.6) is 5.75 Å². The highest BCUT2D eigenvalue weighted by atomic mass is 35.5. The molecule has 0 radical (unpaired) electrons. The number of nitrogens with two attached hydrogens (primary N) is 2. The monoisotopic (exact) mass is 537 g/mol. The minimum atomic E-state index is -0.538. The Hall–Kier alpha value is -3.99. The molecule has 0 spiro atoms. The Kier molecular flexibility index (Phi) is 6.78. The van der Waals surface area contributed by atoms with Crippen molar-refractivity contribution in [3.05, 3.63) is 76.2 Å². The molecule has 0 amide bonds. The number of nitrogens with zero attached hydrogens (tertiary/aromatic N) is 3. The van der Waals surface area contributed by atoms with E-state index in [1.54, 1.807) is 43.7 Å². The number of halogens is 2. The summed E-state index contributed by atoms with van der Waals surface area (Å²) in [6.07, 6.45) is 3.24. The maximum absolute atomic E-state index is 15.0. The molecule has 1 fully saturated rings. The van der Waals surface area contributed by atoms with Crippen LogP contribution in [0.4, 0.5) is 21.5 Å². The van der Waals surface area contributed by atoms with Gasteiger partial charge in [0.1, 0.15) is 11.6 Å². The molecule has 0 bridgehead atoms. The summed E-state index contributed by atoms with van der Waals surface area (Å²) in [5.74, 6) is 5.10. The Bertz CT molecular complexity index is 1580. The van der Waals surface area contributed by atoms with Gasteiger partial charge in [-0.3, -0.25) is 10.4 Å². The number of benzene rings is 3. The Morgan fingerprint density at radius 3 is 2.47 bits per heavy atom. The number of anilines is 3. The number of aromatic hydroxyl groups is 1. The van der Waals surface area contributed by atoms with Crippen molar-refractivity contribution in [2.75, 3.05) is 35.7 Å². The van der Waals surface area contributed by atoms with Crippen molar-refractivity contribution in [2.45, 2.75) is 13.0 Å². The van der Waals surface area contributed by atoms with Gasteiger partial charge in [-0.15, -0.1) is 0 Å². The molecular formula is C27H29ClFN7O2. The van der Waals surface area contributed by atoms with Gasteiger partial charge in [-0.1, -0.05) is 17.7 Å². The normalized spacial score (nSPS) is 15.6. The van der Waals surface area contributed by atoms with E-state index in [0.29, 0.717) is 28.2 Å². The van der Waals surface area contributed by atoms with E-state index in [9.17, 15) is 14.3 Å². The topological polar surface area (TPSA) is 126 Å². The van der Waals surface area contributed by atoms with Crippen LogP contribution in [-0.2, 0) is 7.05 Å². The van der Waals surface area contributed by atoms with Gasteiger partial charge in [0.05, 0.1) is 27.8 Å². The average molecular weight is 538 g/mol. The van der Waals surface area contributed by atoms with E-state index >= 15 is 0 Å². The molecule has 198 valence electrons. The number of phenols is 1. The van der Waals surface area contributed by atoms with E-state index in [4.69, 9.17) is 23.2 Å². The first-order valence-corrected chi connectivity index (χ1v) is 12.5. The number of aromatic nitrogens is 2. The third-order valence-electron chi connectivity index (χ3n) is 6.87. The number of nitrogens with one attached hydrogen (secondary N) is 2. The summed E-state index contributed by atoms with van der Waals surface area (Å²) in [5, 5.41) is 15.0. The Morgan fingerprint density at radius 2 is 1.84 bits per heavy atom. The highest BCUT2D eigenvalue weighted by Gasteiger charge is 2.22. The molecule has 2 heterocycles. The number of hydrogen-bond donors (Lipinski definition) is 5. The number of hydrazine groups is 1. The molecule has 7 N–H and O–H groups in total. The van der Waals surface area contributed by atoms with Crippen molar-refractivity contribution in [1.29, 1.82) is 0 Å². The average Bonchev–Trinajstić information content (AvgIpc) is 3.23. The van der Waals surface area contributed by atoms with E-state index in [2.05, 4.69) is 22.6 Å². The van der Waals surface area contributed by atoms with Gasteiger partial charge in [0.2, 0.25) is 0 Å². The zero-order valence-corrected chi connectivity index (χ0v) is 21.8. The number of aryl methyl sites for hydroxylation is 1. The Morgan fingerprint density at radius 1 is 1.11 bits per heavy atom. The third-order valence-corrected chi connectivity index (χ3v) is 7.18. The molecule has 1 aliphatic heterocycles. The van der Waals surface area contributed by atoms with Crippen molar-refractivity contribution in [3.63, 3.8) is 0 Å². The number of phenolic OH excluding ortho intramolecular Hbond substituents is 1. The smallest absolute Gasteiger partial charge is 0.332 e. The Labute approximate surface area is 224 Å². The second-order valence-electron chi connectivity index (χ2n) is 9.48. The van der Waals surface area contributed by atoms with Gasteiger partial charge in [-0.25, -0.2) is 9.18 Å². The second-order valence-corrected chi connectivity index (χ2v) is 9.89. The largest absolute Gasteiger partial charge is 0.507 e. The number of rotatable bonds is 5. The highest BCUT2D eigenvalue weighted by Crippen LogP contribution is 2.44. The van der Waals surface area contributed by atoms with Crippen molar-refractivity contribution < 1.29 is 9.50 Å². The summed E-state index contributed by atoms with van der Waals surface area (Å²) in [6.45, 7) is 4.34. The standard InChI is InChI=1S/C27H29ClFN7O2/c1-15-14-35(6-5-32-15)24-11-17(10-22(33-31)25(24)30)20-13-18(29)12-19(26(20)37)16-3-4-23(21(28)9-16)36-8-7-34(2)27(36)38/h3-4,7-13,15,32-33,37H,5-6,14,30-31H2,1-2H3/t15-/m1/s1. The first kappa shape index (κ1) is 25.7. The van der Waals surface area contributed by atoms with Crippen LogP contribution in [0.2, 0.25) is 5.02 Å². The van der Waals surface area contributed by atoms with Crippen LogP contribution in [-0.4, -0.2) is 39.9 Å². The molecule has 11 heteroatoms. The molecule has 1 aromatic heterocycles. The number of piperazine rings is 1. The summed E-state index contributed by atoms with van der Waals surface area (Å²) in [7, 11) is 1.64. The molecule has 1 atom stereocenters. The summed E-state index contributed by atoms with van der Waals surface area (Å²) in [6, 6.07) is 11.2. The van der Waals surface area contributed by atoms with Gasteiger partial charge in [-0.05, 0) is 54.4 Å². The van der Waals surface area contributed by atoms with Crippen LogP contribution in [0.1, 0.15) is 6.92 Å². The SMILES string of the molecule is C[C@@H]1CN(c2cc(-c3cc(F)cc(-c4ccc(-n5ccn(C)c5=O)c(Cl)c4)c3O)cc(NN)c2N)CCN1. The zero-order valence-electron chi connectivity index (χ0n) is 21.0. The fourth-order valence-electron chi connectivity index (χ4n) is 4.88. The first-order chi connectivity index (χ1) is 18.2. The van der Waals surface area contributed by atoms with Gasteiger partial charge in [0.25, 0.3) is 0 Å². The molecule has 9 nitrogen and oxygen atoms in total. The molecule has 4 aromatic rings. The molecule has 3 aromatic carbocycles. The van der Waals surface area contributed by atoms with Crippen LogP contribution in [0.15, 0.2) is 59.7 Å². The fourth-order valence-corrected chi connectivity index (χ4v) is 5.15. The lowest BCUT2D eigenvalue weighted by atomic mass is 9.95. The van der Waals surface area contributed by atoms with Gasteiger partial charge < -0.3 is 31.0 Å². The van der Waals surface area contributed by atoms with Crippen molar-refractivity contribution >= 4 is 28.7 Å². The summed E-state index contributed by atoms with van der Waals surface area (Å²) < 4.78 is 17.8. The first-order valence-electron chi connectivity index (χ1n) is 12.1. The van der Waals surface area contributed by atoms with Crippen LogP contribution in [0.3, 0.4) is 0 Å². The summed E-state index contributed by atoms with van der Waals surface area (Å²) >= 11 is 6.53. The van der Waals surface area contributed by atoms with E-state index in [1.165, 1.54) is 21.3 Å². The van der Waals surface area contributed by atoms with Crippen LogP contribution in [0, 0.1) is 5.82 Å². The zero-order chi connectivity index (χ0) is 27.1. The van der Waals surface area contributed by atoms with Gasteiger partial charge >= 0.3 is 5.69 Å². The lowest BCUT2D eigenvalue weighted by molar-refractivity contribution is 0.477. The number of imidazole rings is 1. The van der Waals surface area contributed by atoms with E-state index < -0.39 is 5.82 Å². The second kappa shape index (κ2) is 10.1. The summed E-state index contributed by atoms with van der Waals surface area (Å²) in [4.78, 5) is 14.5. The summed E-state index contributed by atoms with van der Waals surface area (Å²) in [5.41, 5.74) is 12.5. The molecule has 1 aliphatic rings. The molecule has 0 saturated carbocycles. The molecular weight excluding hydrogens is 509 g/mol. The van der Waals surface area contributed by atoms with Gasteiger partial charge in [-0.2, -0.15) is 0 Å². The van der Waals surface area contributed by atoms with Crippen LogP contribution < -0.4 is 32.9 Å². The highest BCUT2D eigenvalue weighted by molar-refractivity contribution is 6.32. The van der Waals surface area contributed by atoms with Crippen molar-refractivity contribution in [3.8, 4) is 33.7 Å². The third kappa shape index (κ3) is 4.58. The number of nitrogen functional groups attached to an aromatic ring is 2. The predicted octanol–water partition coefficient (Wildman–Crippen LogP) is 3.67. The molecule has 0 unspecified atom stereocenters. The maximum Gasteiger partial charge on any atom is 0.332 e. The van der Waals surface area contributed by atoms with E-state index in [-0.39, 0.29) is 33.6 Å². The van der Waals surface area contributed by atoms with E-state index in [1.807, 2.05) is 6.07 Å². The molecule has 0 aliphatic carbocycles. The predicted molar refractivity (Wildman–Crippen MR) is 150 cm³/mol. The van der Waals surface area contributed by atoms with Crippen molar-refractivity contribution in [1.82, 2.24) is 14.5 Å². The molecule has 1 saturated heterocycles. The maximum atomic E-state index is 15.0. The minimum absolute atomic E-state index is 0.125. The van der Waals surface area contributed by atoms with Gasteiger partial charge in [0, 0.05) is 56.2 Å².